The van der Waals surface area contributed by atoms with E-state index in [1.807, 2.05) is 44.3 Å². The van der Waals surface area contributed by atoms with Crippen molar-refractivity contribution in [3.05, 3.63) is 71.6 Å². The van der Waals surface area contributed by atoms with Gasteiger partial charge in [-0.05, 0) is 24.9 Å². The van der Waals surface area contributed by atoms with Crippen LogP contribution in [-0.2, 0) is 13.1 Å². The Labute approximate surface area is 184 Å². The molecule has 7 heteroatoms. The second-order valence-electron chi connectivity index (χ2n) is 8.99. The number of rotatable bonds is 7. The molecular weight excluding hydrogens is 388 g/mol. The van der Waals surface area contributed by atoms with Crippen molar-refractivity contribution in [1.29, 1.82) is 0 Å². The van der Waals surface area contributed by atoms with Crippen LogP contribution in [0.3, 0.4) is 0 Å². The highest BCUT2D eigenvalue weighted by molar-refractivity contribution is 5.99. The molecule has 1 aromatic carbocycles. The number of carbonyl (C=O) groups is 1. The quantitative estimate of drug-likeness (QED) is 0.631. The van der Waals surface area contributed by atoms with E-state index in [1.54, 1.807) is 18.6 Å². The van der Waals surface area contributed by atoms with Gasteiger partial charge in [-0.15, -0.1) is 0 Å². The molecule has 3 rings (SSSR count). The highest BCUT2D eigenvalue weighted by Gasteiger charge is 2.19. The van der Waals surface area contributed by atoms with Crippen LogP contribution in [0.1, 0.15) is 48.2 Å². The number of carbonyl (C=O) groups excluding carboxylic acids is 1. The summed E-state index contributed by atoms with van der Waals surface area (Å²) in [6.07, 6.45) is 4.91. The summed E-state index contributed by atoms with van der Waals surface area (Å²) in [6, 6.07) is 9.78. The van der Waals surface area contributed by atoms with E-state index in [9.17, 15) is 4.79 Å². The minimum Gasteiger partial charge on any atom is -0.348 e. The van der Waals surface area contributed by atoms with Crippen LogP contribution in [0.5, 0.6) is 0 Å². The largest absolute Gasteiger partial charge is 0.348 e. The van der Waals surface area contributed by atoms with E-state index < -0.39 is 0 Å². The van der Waals surface area contributed by atoms with E-state index in [1.165, 1.54) is 0 Å². The average Bonchev–Trinajstić information content (AvgIpc) is 2.72. The molecule has 1 N–H and O–H groups in total. The molecule has 0 spiro atoms. The fourth-order valence-electron chi connectivity index (χ4n) is 3.35. The number of nitrogens with one attached hydrogen (secondary N) is 1. The van der Waals surface area contributed by atoms with Crippen molar-refractivity contribution in [1.82, 2.24) is 30.2 Å². The Kier molecular flexibility index (Phi) is 7.07. The Morgan fingerprint density at radius 3 is 2.42 bits per heavy atom. The fourth-order valence-corrected chi connectivity index (χ4v) is 3.35. The lowest BCUT2D eigenvalue weighted by Gasteiger charge is -2.26. The van der Waals surface area contributed by atoms with E-state index in [4.69, 9.17) is 4.98 Å². The van der Waals surface area contributed by atoms with E-state index in [2.05, 4.69) is 45.9 Å². The van der Waals surface area contributed by atoms with Crippen molar-refractivity contribution in [3.63, 3.8) is 0 Å². The number of aromatic nitrogens is 4. The number of hydrogen-bond donors (Lipinski definition) is 1. The van der Waals surface area contributed by atoms with Gasteiger partial charge in [0.15, 0.2) is 0 Å². The fraction of sp³-hybridized carbons (Fsp3) is 0.375. The minimum atomic E-state index is -0.240. The van der Waals surface area contributed by atoms with Gasteiger partial charge in [0.05, 0.1) is 24.0 Å². The van der Waals surface area contributed by atoms with E-state index in [0.717, 1.165) is 17.8 Å². The molecule has 0 saturated carbocycles. The van der Waals surface area contributed by atoms with Crippen LogP contribution in [0.4, 0.5) is 0 Å². The van der Waals surface area contributed by atoms with E-state index in [-0.39, 0.29) is 11.3 Å². The van der Waals surface area contributed by atoms with Crippen LogP contribution in [-0.4, -0.2) is 44.3 Å². The van der Waals surface area contributed by atoms with Gasteiger partial charge in [-0.2, -0.15) is 0 Å². The number of benzene rings is 1. The summed E-state index contributed by atoms with van der Waals surface area (Å²) in [5.41, 5.74) is 3.42. The lowest BCUT2D eigenvalue weighted by atomic mass is 9.96. The van der Waals surface area contributed by atoms with Gasteiger partial charge >= 0.3 is 0 Å². The molecule has 3 aromatic rings. The first kappa shape index (κ1) is 22.5. The predicted molar refractivity (Wildman–Crippen MR) is 121 cm³/mol. The normalized spacial score (nSPS) is 11.5. The van der Waals surface area contributed by atoms with Crippen molar-refractivity contribution in [3.8, 4) is 11.4 Å². The Balaban J connectivity index is 1.87. The first-order valence-electron chi connectivity index (χ1n) is 10.4. The minimum absolute atomic E-state index is 0.164. The molecule has 7 nitrogen and oxygen atoms in total. The van der Waals surface area contributed by atoms with Gasteiger partial charge < -0.3 is 5.32 Å². The van der Waals surface area contributed by atoms with Gasteiger partial charge in [-0.25, -0.2) is 9.97 Å². The summed E-state index contributed by atoms with van der Waals surface area (Å²) in [6.45, 7) is 10.4. The monoisotopic (exact) mass is 418 g/mol. The SMILES string of the molecule is Cc1cnc(-c2nc(CN(C)CC(C)(C)C)ncc2C(=O)NCc2ccccc2)cn1. The molecule has 31 heavy (non-hydrogen) atoms. The van der Waals surface area contributed by atoms with Crippen LogP contribution in [0.25, 0.3) is 11.4 Å². The summed E-state index contributed by atoms with van der Waals surface area (Å²) >= 11 is 0. The van der Waals surface area contributed by atoms with Crippen molar-refractivity contribution >= 4 is 5.91 Å². The number of amides is 1. The molecule has 0 atom stereocenters. The topological polar surface area (TPSA) is 83.9 Å². The Bertz CT molecular complexity index is 1010. The zero-order valence-electron chi connectivity index (χ0n) is 18.9. The third kappa shape index (κ3) is 6.65. The molecule has 0 unspecified atom stereocenters. The number of nitrogens with zero attached hydrogens (tertiary/aromatic N) is 5. The van der Waals surface area contributed by atoms with Gasteiger partial charge in [-0.1, -0.05) is 51.1 Å². The maximum atomic E-state index is 13.0. The number of aryl methyl sites for hydroxylation is 1. The molecule has 0 aliphatic rings. The zero-order chi connectivity index (χ0) is 22.4. The summed E-state index contributed by atoms with van der Waals surface area (Å²) in [4.78, 5) is 33.1. The van der Waals surface area contributed by atoms with Crippen LogP contribution in [0, 0.1) is 12.3 Å². The summed E-state index contributed by atoms with van der Waals surface area (Å²) in [7, 11) is 2.04. The molecular formula is C24H30N6O. The third-order valence-corrected chi connectivity index (χ3v) is 4.56. The maximum Gasteiger partial charge on any atom is 0.255 e. The smallest absolute Gasteiger partial charge is 0.255 e. The van der Waals surface area contributed by atoms with E-state index in [0.29, 0.717) is 35.9 Å². The van der Waals surface area contributed by atoms with Crippen LogP contribution in [0.15, 0.2) is 48.9 Å². The third-order valence-electron chi connectivity index (χ3n) is 4.56. The number of hydrogen-bond acceptors (Lipinski definition) is 6. The lowest BCUT2D eigenvalue weighted by molar-refractivity contribution is 0.0950. The standard InChI is InChI=1S/C24H30N6O/c1-17-11-26-20(14-25-17)22-19(23(31)28-12-18-9-7-6-8-10-18)13-27-21(29-22)15-30(5)16-24(2,3)4/h6-11,13-14H,12,15-16H2,1-5H3,(H,28,31). The molecule has 0 radical (unpaired) electrons. The van der Waals surface area contributed by atoms with Gasteiger partial charge in [0, 0.05) is 25.5 Å². The van der Waals surface area contributed by atoms with Crippen molar-refractivity contribution < 1.29 is 4.79 Å². The Morgan fingerprint density at radius 1 is 1.03 bits per heavy atom. The highest BCUT2D eigenvalue weighted by atomic mass is 16.1. The molecule has 0 aliphatic carbocycles. The van der Waals surface area contributed by atoms with Crippen molar-refractivity contribution in [2.24, 2.45) is 5.41 Å². The Hall–Kier alpha value is -3.19. The summed E-state index contributed by atoms with van der Waals surface area (Å²) in [5.74, 6) is 0.402. The molecule has 0 fully saturated rings. The first-order valence-corrected chi connectivity index (χ1v) is 10.4. The second-order valence-corrected chi connectivity index (χ2v) is 8.99. The molecule has 1 amide bonds. The van der Waals surface area contributed by atoms with Crippen LogP contribution >= 0.6 is 0 Å². The van der Waals surface area contributed by atoms with Crippen LogP contribution < -0.4 is 5.32 Å². The maximum absolute atomic E-state index is 13.0. The average molecular weight is 419 g/mol. The van der Waals surface area contributed by atoms with Crippen molar-refractivity contribution in [2.75, 3.05) is 13.6 Å². The molecule has 0 bridgehead atoms. The van der Waals surface area contributed by atoms with E-state index >= 15 is 0 Å². The lowest BCUT2D eigenvalue weighted by Crippen LogP contribution is -2.30. The predicted octanol–water partition coefficient (Wildman–Crippen LogP) is 3.65. The van der Waals surface area contributed by atoms with Gasteiger partial charge in [0.25, 0.3) is 5.91 Å². The summed E-state index contributed by atoms with van der Waals surface area (Å²) in [5, 5.41) is 2.95. The van der Waals surface area contributed by atoms with Gasteiger partial charge in [-0.3, -0.25) is 19.7 Å². The molecule has 2 heterocycles. The Morgan fingerprint density at radius 2 is 1.77 bits per heavy atom. The van der Waals surface area contributed by atoms with Crippen LogP contribution in [0.2, 0.25) is 0 Å². The second kappa shape index (κ2) is 9.75. The van der Waals surface area contributed by atoms with Gasteiger partial charge in [0.1, 0.15) is 17.2 Å². The zero-order valence-corrected chi connectivity index (χ0v) is 18.9. The van der Waals surface area contributed by atoms with Gasteiger partial charge in [0.2, 0.25) is 0 Å². The molecule has 0 aliphatic heterocycles. The highest BCUT2D eigenvalue weighted by Crippen LogP contribution is 2.20. The first-order chi connectivity index (χ1) is 14.7. The molecule has 0 saturated heterocycles. The molecule has 2 aromatic heterocycles. The van der Waals surface area contributed by atoms with Crippen molar-refractivity contribution in [2.45, 2.75) is 40.8 Å². The molecule has 162 valence electrons. The summed E-state index contributed by atoms with van der Waals surface area (Å²) < 4.78 is 0.